The SMILES string of the molecule is COc1ccc(Br)cc1C1CCCN1C(=O)CCC1CCNC1. The zero-order valence-corrected chi connectivity index (χ0v) is 15.3. The van der Waals surface area contributed by atoms with Crippen molar-refractivity contribution in [2.24, 2.45) is 5.92 Å². The van der Waals surface area contributed by atoms with Crippen molar-refractivity contribution in [3.8, 4) is 5.75 Å². The molecule has 1 amide bonds. The fraction of sp³-hybridized carbons (Fsp3) is 0.611. The van der Waals surface area contributed by atoms with E-state index in [1.165, 1.54) is 6.42 Å². The number of hydrogen-bond acceptors (Lipinski definition) is 3. The maximum Gasteiger partial charge on any atom is 0.223 e. The van der Waals surface area contributed by atoms with Crippen LogP contribution < -0.4 is 10.1 Å². The van der Waals surface area contributed by atoms with Gasteiger partial charge in [0, 0.05) is 23.0 Å². The second-order valence-electron chi connectivity index (χ2n) is 6.53. The number of carbonyl (C=O) groups excluding carboxylic acids is 1. The minimum atomic E-state index is 0.150. The van der Waals surface area contributed by atoms with Gasteiger partial charge in [-0.1, -0.05) is 15.9 Å². The van der Waals surface area contributed by atoms with E-state index in [1.807, 2.05) is 12.1 Å². The average molecular weight is 381 g/mol. The highest BCUT2D eigenvalue weighted by Gasteiger charge is 2.32. The number of nitrogens with one attached hydrogen (secondary N) is 1. The molecule has 23 heavy (non-hydrogen) atoms. The lowest BCUT2D eigenvalue weighted by Gasteiger charge is -2.27. The van der Waals surface area contributed by atoms with E-state index in [0.29, 0.717) is 18.2 Å². The fourth-order valence-corrected chi connectivity index (χ4v) is 4.17. The van der Waals surface area contributed by atoms with Crippen LogP contribution in [0.5, 0.6) is 5.75 Å². The Kier molecular flexibility index (Phi) is 5.59. The van der Waals surface area contributed by atoms with Gasteiger partial charge in [0.05, 0.1) is 13.2 Å². The summed E-state index contributed by atoms with van der Waals surface area (Å²) in [5.41, 5.74) is 1.12. The molecule has 2 aliphatic heterocycles. The predicted octanol–water partition coefficient (Wildman–Crippen LogP) is 3.51. The van der Waals surface area contributed by atoms with Crippen LogP contribution in [0.4, 0.5) is 0 Å². The summed E-state index contributed by atoms with van der Waals surface area (Å²) in [6.45, 7) is 3.03. The van der Waals surface area contributed by atoms with Crippen molar-refractivity contribution in [3.05, 3.63) is 28.2 Å². The van der Waals surface area contributed by atoms with Gasteiger partial charge in [0.2, 0.25) is 5.91 Å². The molecular formula is C18H25BrN2O2. The summed E-state index contributed by atoms with van der Waals surface area (Å²) >= 11 is 3.54. The number of hydrogen-bond donors (Lipinski definition) is 1. The van der Waals surface area contributed by atoms with E-state index in [9.17, 15) is 4.79 Å². The van der Waals surface area contributed by atoms with Gasteiger partial charge in [-0.25, -0.2) is 0 Å². The number of benzene rings is 1. The Morgan fingerprint density at radius 1 is 1.43 bits per heavy atom. The molecule has 0 spiro atoms. The van der Waals surface area contributed by atoms with E-state index in [0.717, 1.165) is 54.7 Å². The van der Waals surface area contributed by atoms with E-state index in [1.54, 1.807) is 7.11 Å². The number of methoxy groups -OCH3 is 1. The van der Waals surface area contributed by atoms with Gasteiger partial charge in [-0.05, 0) is 62.9 Å². The molecule has 5 heteroatoms. The van der Waals surface area contributed by atoms with Gasteiger partial charge < -0.3 is 15.0 Å². The molecule has 4 nitrogen and oxygen atoms in total. The number of halogens is 1. The third-order valence-electron chi connectivity index (χ3n) is 5.05. The monoisotopic (exact) mass is 380 g/mol. The van der Waals surface area contributed by atoms with Gasteiger partial charge >= 0.3 is 0 Å². The van der Waals surface area contributed by atoms with E-state index < -0.39 is 0 Å². The first-order valence-electron chi connectivity index (χ1n) is 8.52. The smallest absolute Gasteiger partial charge is 0.223 e. The van der Waals surface area contributed by atoms with E-state index in [2.05, 4.69) is 32.2 Å². The Morgan fingerprint density at radius 3 is 3.04 bits per heavy atom. The molecule has 1 aromatic carbocycles. The Hall–Kier alpha value is -1.07. The highest BCUT2D eigenvalue weighted by molar-refractivity contribution is 9.10. The molecule has 1 aromatic rings. The van der Waals surface area contributed by atoms with Crippen molar-refractivity contribution >= 4 is 21.8 Å². The first-order valence-corrected chi connectivity index (χ1v) is 9.32. The summed E-state index contributed by atoms with van der Waals surface area (Å²) in [6, 6.07) is 6.20. The van der Waals surface area contributed by atoms with Gasteiger partial charge in [-0.3, -0.25) is 4.79 Å². The largest absolute Gasteiger partial charge is 0.496 e. The first-order chi connectivity index (χ1) is 11.2. The fourth-order valence-electron chi connectivity index (χ4n) is 3.79. The van der Waals surface area contributed by atoms with Crippen molar-refractivity contribution in [1.29, 1.82) is 0 Å². The summed E-state index contributed by atoms with van der Waals surface area (Å²) in [5, 5.41) is 3.37. The second kappa shape index (κ2) is 7.67. The lowest BCUT2D eigenvalue weighted by Crippen LogP contribution is -2.31. The van der Waals surface area contributed by atoms with Gasteiger partial charge in [0.25, 0.3) is 0 Å². The summed E-state index contributed by atoms with van der Waals surface area (Å²) < 4.78 is 6.55. The minimum absolute atomic E-state index is 0.150. The Balaban J connectivity index is 1.69. The van der Waals surface area contributed by atoms with Gasteiger partial charge in [0.1, 0.15) is 5.75 Å². The third kappa shape index (κ3) is 3.89. The second-order valence-corrected chi connectivity index (χ2v) is 7.44. The lowest BCUT2D eigenvalue weighted by atomic mass is 10.0. The van der Waals surface area contributed by atoms with Crippen LogP contribution in [-0.4, -0.2) is 37.6 Å². The maximum absolute atomic E-state index is 12.7. The van der Waals surface area contributed by atoms with E-state index >= 15 is 0 Å². The average Bonchev–Trinajstić information content (AvgIpc) is 3.24. The molecule has 0 aromatic heterocycles. The van der Waals surface area contributed by atoms with Crippen LogP contribution in [0.1, 0.15) is 43.7 Å². The van der Waals surface area contributed by atoms with E-state index in [-0.39, 0.29) is 6.04 Å². The standard InChI is InChI=1S/C18H25BrN2O2/c1-23-17-6-5-14(19)11-15(17)16-3-2-10-21(16)18(22)7-4-13-8-9-20-12-13/h5-6,11,13,16,20H,2-4,7-10,12H2,1H3. The topological polar surface area (TPSA) is 41.6 Å². The van der Waals surface area contributed by atoms with Crippen molar-refractivity contribution in [1.82, 2.24) is 10.2 Å². The quantitative estimate of drug-likeness (QED) is 0.849. The zero-order valence-electron chi connectivity index (χ0n) is 13.7. The molecule has 2 heterocycles. The van der Waals surface area contributed by atoms with Gasteiger partial charge in [0.15, 0.2) is 0 Å². The molecule has 3 rings (SSSR count). The molecule has 126 valence electrons. The molecule has 2 saturated heterocycles. The van der Waals surface area contributed by atoms with Crippen molar-refractivity contribution in [2.75, 3.05) is 26.7 Å². The summed E-state index contributed by atoms with van der Waals surface area (Å²) in [4.78, 5) is 14.8. The van der Waals surface area contributed by atoms with Crippen molar-refractivity contribution in [2.45, 2.75) is 38.1 Å². The maximum atomic E-state index is 12.7. The summed E-state index contributed by atoms with van der Waals surface area (Å²) in [6.07, 6.45) is 4.96. The van der Waals surface area contributed by atoms with E-state index in [4.69, 9.17) is 4.74 Å². The third-order valence-corrected chi connectivity index (χ3v) is 5.55. The molecule has 2 atom stereocenters. The first kappa shape index (κ1) is 16.8. The molecule has 2 fully saturated rings. The Labute approximate surface area is 146 Å². The van der Waals surface area contributed by atoms with Crippen LogP contribution in [0.3, 0.4) is 0 Å². The van der Waals surface area contributed by atoms with Gasteiger partial charge in [-0.15, -0.1) is 0 Å². The molecule has 0 bridgehead atoms. The number of rotatable bonds is 5. The number of amides is 1. The van der Waals surface area contributed by atoms with Crippen LogP contribution in [0.2, 0.25) is 0 Å². The number of carbonyl (C=O) groups is 1. The number of likely N-dealkylation sites (tertiary alicyclic amines) is 1. The highest BCUT2D eigenvalue weighted by Crippen LogP contribution is 2.39. The van der Waals surface area contributed by atoms with Crippen LogP contribution in [0, 0.1) is 5.92 Å². The number of nitrogens with zero attached hydrogens (tertiary/aromatic N) is 1. The summed E-state index contributed by atoms with van der Waals surface area (Å²) in [5.74, 6) is 1.83. The molecule has 1 N–H and O–H groups in total. The molecular weight excluding hydrogens is 356 g/mol. The normalized spacial score (nSPS) is 24.2. The summed E-state index contributed by atoms with van der Waals surface area (Å²) in [7, 11) is 1.70. The van der Waals surface area contributed by atoms with Crippen LogP contribution in [-0.2, 0) is 4.79 Å². The Bertz CT molecular complexity index is 558. The molecule has 0 radical (unpaired) electrons. The number of ether oxygens (including phenoxy) is 1. The predicted molar refractivity (Wildman–Crippen MR) is 94.6 cm³/mol. The van der Waals surface area contributed by atoms with Gasteiger partial charge in [-0.2, -0.15) is 0 Å². The zero-order chi connectivity index (χ0) is 16.2. The molecule has 2 unspecified atom stereocenters. The Morgan fingerprint density at radius 2 is 2.30 bits per heavy atom. The van der Waals surface area contributed by atoms with Crippen LogP contribution in [0.25, 0.3) is 0 Å². The molecule has 0 saturated carbocycles. The van der Waals surface area contributed by atoms with Crippen molar-refractivity contribution < 1.29 is 9.53 Å². The van der Waals surface area contributed by atoms with Crippen LogP contribution in [0.15, 0.2) is 22.7 Å². The lowest BCUT2D eigenvalue weighted by molar-refractivity contribution is -0.132. The van der Waals surface area contributed by atoms with Crippen molar-refractivity contribution in [3.63, 3.8) is 0 Å². The van der Waals surface area contributed by atoms with Crippen LogP contribution >= 0.6 is 15.9 Å². The highest BCUT2D eigenvalue weighted by atomic mass is 79.9. The molecule has 2 aliphatic rings. The molecule has 0 aliphatic carbocycles. The minimum Gasteiger partial charge on any atom is -0.496 e.